The summed E-state index contributed by atoms with van der Waals surface area (Å²) in [5.74, 6) is 0.704. The largest absolute Gasteiger partial charge is 0.373 e. The van der Waals surface area contributed by atoms with E-state index in [1.807, 2.05) is 0 Å². The molecule has 2 nitrogen and oxygen atoms in total. The maximum atomic E-state index is 6.63. The van der Waals surface area contributed by atoms with Gasteiger partial charge in [0, 0.05) is 6.61 Å². The smallest absolute Gasteiger partial charge is 0.0876 e. The van der Waals surface area contributed by atoms with Crippen molar-refractivity contribution in [1.29, 1.82) is 0 Å². The van der Waals surface area contributed by atoms with Crippen molar-refractivity contribution in [2.75, 3.05) is 6.61 Å². The average Bonchev–Trinajstić information content (AvgIpc) is 2.39. The van der Waals surface area contributed by atoms with E-state index >= 15 is 0 Å². The van der Waals surface area contributed by atoms with E-state index in [0.29, 0.717) is 5.92 Å². The van der Waals surface area contributed by atoms with Crippen LogP contribution in [0.1, 0.15) is 56.7 Å². The van der Waals surface area contributed by atoms with Crippen molar-refractivity contribution in [2.24, 2.45) is 11.7 Å². The van der Waals surface area contributed by atoms with Crippen LogP contribution in [0.3, 0.4) is 0 Å². The van der Waals surface area contributed by atoms with Gasteiger partial charge < -0.3 is 10.5 Å². The van der Waals surface area contributed by atoms with E-state index in [2.05, 4.69) is 45.0 Å². The highest BCUT2D eigenvalue weighted by Gasteiger charge is 2.42. The third-order valence-corrected chi connectivity index (χ3v) is 4.51. The van der Waals surface area contributed by atoms with E-state index in [4.69, 9.17) is 10.5 Å². The quantitative estimate of drug-likeness (QED) is 0.889. The lowest BCUT2D eigenvalue weighted by Crippen LogP contribution is -2.47. The molecule has 19 heavy (non-hydrogen) atoms. The van der Waals surface area contributed by atoms with Gasteiger partial charge >= 0.3 is 0 Å². The number of ether oxygens (including phenoxy) is 1. The van der Waals surface area contributed by atoms with Crippen molar-refractivity contribution < 1.29 is 4.74 Å². The van der Waals surface area contributed by atoms with Crippen molar-refractivity contribution in [3.63, 3.8) is 0 Å². The molecule has 0 radical (unpaired) electrons. The zero-order chi connectivity index (χ0) is 13.9. The van der Waals surface area contributed by atoms with Gasteiger partial charge in [-0.3, -0.25) is 0 Å². The molecule has 0 bridgehead atoms. The first kappa shape index (κ1) is 14.5. The molecule has 0 aliphatic heterocycles. The Kier molecular flexibility index (Phi) is 4.64. The molecule has 1 aromatic carbocycles. The second-order valence-electron chi connectivity index (χ2n) is 6.03. The van der Waals surface area contributed by atoms with Gasteiger partial charge in [0.25, 0.3) is 0 Å². The number of rotatable bonds is 4. The third-order valence-electron chi connectivity index (χ3n) is 4.51. The third kappa shape index (κ3) is 3.01. The number of hydrogen-bond acceptors (Lipinski definition) is 2. The van der Waals surface area contributed by atoms with Crippen LogP contribution in [0, 0.1) is 12.8 Å². The van der Waals surface area contributed by atoms with Crippen LogP contribution in [-0.4, -0.2) is 12.2 Å². The molecule has 0 aromatic heterocycles. The van der Waals surface area contributed by atoms with Gasteiger partial charge in [-0.25, -0.2) is 0 Å². The molecular formula is C17H27NO. The maximum absolute atomic E-state index is 6.63. The highest BCUT2D eigenvalue weighted by Crippen LogP contribution is 2.43. The minimum absolute atomic E-state index is 0.0172. The Bertz CT molecular complexity index is 413. The second kappa shape index (κ2) is 6.06. The predicted octanol–water partition coefficient (Wildman–Crippen LogP) is 3.98. The summed E-state index contributed by atoms with van der Waals surface area (Å²) in [6, 6.07) is 8.42. The zero-order valence-corrected chi connectivity index (χ0v) is 12.5. The molecule has 3 unspecified atom stereocenters. The van der Waals surface area contributed by atoms with Crippen molar-refractivity contribution in [2.45, 2.75) is 58.1 Å². The predicted molar refractivity (Wildman–Crippen MR) is 80.1 cm³/mol. The Morgan fingerprint density at radius 1 is 1.42 bits per heavy atom. The summed E-state index contributed by atoms with van der Waals surface area (Å²) >= 11 is 0. The van der Waals surface area contributed by atoms with E-state index in [-0.39, 0.29) is 11.6 Å². The van der Waals surface area contributed by atoms with E-state index in [0.717, 1.165) is 19.4 Å². The molecule has 0 spiro atoms. The van der Waals surface area contributed by atoms with Crippen molar-refractivity contribution in [3.8, 4) is 0 Å². The molecule has 1 aliphatic rings. The molecule has 3 atom stereocenters. The summed E-state index contributed by atoms with van der Waals surface area (Å²) in [5, 5.41) is 0. The van der Waals surface area contributed by atoms with Gasteiger partial charge in [0.2, 0.25) is 0 Å². The number of aryl methyl sites for hydroxylation is 1. The lowest BCUT2D eigenvalue weighted by molar-refractivity contribution is -0.0939. The minimum atomic E-state index is -0.168. The molecule has 0 amide bonds. The summed E-state index contributed by atoms with van der Waals surface area (Å²) in [6.45, 7) is 7.27. The molecule has 1 fully saturated rings. The molecule has 0 saturated heterocycles. The monoisotopic (exact) mass is 261 g/mol. The highest BCUT2D eigenvalue weighted by molar-refractivity contribution is 5.31. The van der Waals surface area contributed by atoms with Gasteiger partial charge in [0.1, 0.15) is 0 Å². The van der Waals surface area contributed by atoms with Crippen LogP contribution in [0.15, 0.2) is 24.3 Å². The Morgan fingerprint density at radius 2 is 2.16 bits per heavy atom. The summed E-state index contributed by atoms with van der Waals surface area (Å²) in [7, 11) is 0. The van der Waals surface area contributed by atoms with Crippen LogP contribution < -0.4 is 5.73 Å². The Balaban J connectivity index is 2.30. The molecule has 2 N–H and O–H groups in total. The normalized spacial score (nSPS) is 29.2. The summed E-state index contributed by atoms with van der Waals surface area (Å²) < 4.78 is 6.19. The van der Waals surface area contributed by atoms with Crippen molar-refractivity contribution in [3.05, 3.63) is 35.4 Å². The van der Waals surface area contributed by atoms with Gasteiger partial charge in [-0.2, -0.15) is 0 Å². The first-order valence-electron chi connectivity index (χ1n) is 7.54. The van der Waals surface area contributed by atoms with E-state index < -0.39 is 0 Å². The summed E-state index contributed by atoms with van der Waals surface area (Å²) in [4.78, 5) is 0. The van der Waals surface area contributed by atoms with E-state index in [1.165, 1.54) is 24.0 Å². The SMILES string of the molecule is CCOC1(C(N)c2ccccc2C)CCCC(C)C1. The zero-order valence-electron chi connectivity index (χ0n) is 12.5. The number of benzene rings is 1. The lowest BCUT2D eigenvalue weighted by Gasteiger charge is -2.44. The van der Waals surface area contributed by atoms with Gasteiger partial charge in [-0.15, -0.1) is 0 Å². The first-order valence-corrected chi connectivity index (χ1v) is 7.54. The van der Waals surface area contributed by atoms with Crippen LogP contribution in [-0.2, 0) is 4.74 Å². The van der Waals surface area contributed by atoms with E-state index in [9.17, 15) is 0 Å². The Morgan fingerprint density at radius 3 is 2.79 bits per heavy atom. The molecule has 2 heteroatoms. The van der Waals surface area contributed by atoms with E-state index in [1.54, 1.807) is 0 Å². The van der Waals surface area contributed by atoms with Gasteiger partial charge in [-0.1, -0.05) is 44.0 Å². The van der Waals surface area contributed by atoms with Gasteiger partial charge in [-0.05, 0) is 43.7 Å². The first-order chi connectivity index (χ1) is 9.09. The van der Waals surface area contributed by atoms with Crippen LogP contribution in [0.5, 0.6) is 0 Å². The topological polar surface area (TPSA) is 35.2 Å². The van der Waals surface area contributed by atoms with Crippen LogP contribution >= 0.6 is 0 Å². The molecule has 1 aromatic rings. The van der Waals surface area contributed by atoms with Crippen LogP contribution in [0.4, 0.5) is 0 Å². The number of hydrogen-bond donors (Lipinski definition) is 1. The number of nitrogens with two attached hydrogens (primary N) is 1. The highest BCUT2D eigenvalue weighted by atomic mass is 16.5. The molecule has 0 heterocycles. The van der Waals surface area contributed by atoms with Crippen LogP contribution in [0.25, 0.3) is 0 Å². The maximum Gasteiger partial charge on any atom is 0.0876 e. The van der Waals surface area contributed by atoms with Crippen molar-refractivity contribution >= 4 is 0 Å². The fourth-order valence-electron chi connectivity index (χ4n) is 3.55. The molecule has 2 rings (SSSR count). The van der Waals surface area contributed by atoms with Gasteiger partial charge in [0.05, 0.1) is 11.6 Å². The standard InChI is InChI=1S/C17H27NO/c1-4-19-17(11-7-8-13(2)12-17)16(18)15-10-6-5-9-14(15)3/h5-6,9-10,13,16H,4,7-8,11-12,18H2,1-3H3. The summed E-state index contributed by atoms with van der Waals surface area (Å²) in [5.41, 5.74) is 8.97. The fraction of sp³-hybridized carbons (Fsp3) is 0.647. The van der Waals surface area contributed by atoms with Crippen LogP contribution in [0.2, 0.25) is 0 Å². The molecular weight excluding hydrogens is 234 g/mol. The van der Waals surface area contributed by atoms with Gasteiger partial charge in [0.15, 0.2) is 0 Å². The molecule has 106 valence electrons. The lowest BCUT2D eigenvalue weighted by atomic mass is 9.72. The minimum Gasteiger partial charge on any atom is -0.373 e. The molecule has 1 saturated carbocycles. The summed E-state index contributed by atoms with van der Waals surface area (Å²) in [6.07, 6.45) is 4.69. The van der Waals surface area contributed by atoms with Crippen molar-refractivity contribution in [1.82, 2.24) is 0 Å². The molecule has 1 aliphatic carbocycles. The Hall–Kier alpha value is -0.860. The Labute approximate surface area is 117 Å². The average molecular weight is 261 g/mol. The fourth-order valence-corrected chi connectivity index (χ4v) is 3.55. The second-order valence-corrected chi connectivity index (χ2v) is 6.03.